The van der Waals surface area contributed by atoms with Gasteiger partial charge in [-0.05, 0) is 50.8 Å². The monoisotopic (exact) mass is 288 g/mol. The molecule has 0 bridgehead atoms. The van der Waals surface area contributed by atoms with E-state index in [4.69, 9.17) is 4.74 Å². The quantitative estimate of drug-likeness (QED) is 0.744. The Balaban J connectivity index is 1.35. The van der Waals surface area contributed by atoms with Crippen LogP contribution in [-0.2, 0) is 0 Å². The summed E-state index contributed by atoms with van der Waals surface area (Å²) in [6.45, 7) is 4.44. The highest BCUT2D eigenvalue weighted by molar-refractivity contribution is 5.20. The molecule has 0 spiro atoms. The van der Waals surface area contributed by atoms with Crippen LogP contribution in [-0.4, -0.2) is 43.2 Å². The zero-order chi connectivity index (χ0) is 14.3. The lowest BCUT2D eigenvalue weighted by molar-refractivity contribution is 0.135. The van der Waals surface area contributed by atoms with E-state index in [0.717, 1.165) is 30.9 Å². The van der Waals surface area contributed by atoms with Crippen molar-refractivity contribution in [3.05, 3.63) is 30.3 Å². The number of piperidine rings is 1. The molecule has 0 aromatic heterocycles. The summed E-state index contributed by atoms with van der Waals surface area (Å²) in [6, 6.07) is 11.7. The zero-order valence-electron chi connectivity index (χ0n) is 13.0. The fraction of sp³-hybridized carbons (Fsp3) is 0.667. The Kier molecular flexibility index (Phi) is 5.53. The first-order valence-corrected chi connectivity index (χ1v) is 8.57. The van der Waals surface area contributed by atoms with Crippen LogP contribution in [0.5, 0.6) is 5.75 Å². The van der Waals surface area contributed by atoms with Crippen LogP contribution < -0.4 is 10.1 Å². The van der Waals surface area contributed by atoms with Crippen LogP contribution in [0, 0.1) is 0 Å². The first kappa shape index (κ1) is 14.9. The predicted octanol–water partition coefficient (Wildman–Crippen LogP) is 3.06. The van der Waals surface area contributed by atoms with Crippen molar-refractivity contribution in [2.45, 2.75) is 50.6 Å². The average molecular weight is 288 g/mol. The summed E-state index contributed by atoms with van der Waals surface area (Å²) in [4.78, 5) is 2.67. The van der Waals surface area contributed by atoms with Crippen molar-refractivity contribution in [2.24, 2.45) is 0 Å². The van der Waals surface area contributed by atoms with Gasteiger partial charge in [-0.2, -0.15) is 0 Å². The summed E-state index contributed by atoms with van der Waals surface area (Å²) in [7, 11) is 0. The molecule has 21 heavy (non-hydrogen) atoms. The third kappa shape index (κ3) is 5.01. The molecule has 3 heteroatoms. The van der Waals surface area contributed by atoms with Crippen LogP contribution in [0.15, 0.2) is 30.3 Å². The van der Waals surface area contributed by atoms with E-state index in [1.165, 1.54) is 51.7 Å². The van der Waals surface area contributed by atoms with Crippen LogP contribution in [0.4, 0.5) is 0 Å². The van der Waals surface area contributed by atoms with Gasteiger partial charge in [-0.15, -0.1) is 0 Å². The van der Waals surface area contributed by atoms with E-state index in [0.29, 0.717) is 0 Å². The molecule has 1 unspecified atom stereocenters. The Labute approximate surface area is 128 Å². The van der Waals surface area contributed by atoms with Crippen molar-refractivity contribution in [1.29, 1.82) is 0 Å². The number of hydrogen-bond acceptors (Lipinski definition) is 3. The third-order valence-electron chi connectivity index (χ3n) is 4.57. The van der Waals surface area contributed by atoms with Crippen LogP contribution in [0.25, 0.3) is 0 Å². The molecule has 1 N–H and O–H groups in total. The molecule has 3 nitrogen and oxygen atoms in total. The fourth-order valence-corrected chi connectivity index (χ4v) is 3.15. The molecule has 1 saturated carbocycles. The van der Waals surface area contributed by atoms with Crippen LogP contribution in [0.2, 0.25) is 0 Å². The highest BCUT2D eigenvalue weighted by Gasteiger charge is 2.25. The molecule has 1 aliphatic heterocycles. The van der Waals surface area contributed by atoms with E-state index < -0.39 is 0 Å². The number of nitrogens with zero attached hydrogens (tertiary/aromatic N) is 1. The molecule has 2 aliphatic rings. The topological polar surface area (TPSA) is 24.5 Å². The van der Waals surface area contributed by atoms with Gasteiger partial charge in [-0.3, -0.25) is 4.90 Å². The molecule has 1 aromatic rings. The van der Waals surface area contributed by atoms with Crippen molar-refractivity contribution in [2.75, 3.05) is 26.2 Å². The van der Waals surface area contributed by atoms with Gasteiger partial charge >= 0.3 is 0 Å². The van der Waals surface area contributed by atoms with Gasteiger partial charge in [0.2, 0.25) is 0 Å². The maximum Gasteiger partial charge on any atom is 0.119 e. The molecule has 3 rings (SSSR count). The first-order chi connectivity index (χ1) is 10.4. The summed E-state index contributed by atoms with van der Waals surface area (Å²) in [5.74, 6) is 0.989. The Morgan fingerprint density at radius 3 is 2.76 bits per heavy atom. The lowest BCUT2D eigenvalue weighted by Crippen LogP contribution is -2.46. The van der Waals surface area contributed by atoms with Crippen molar-refractivity contribution < 1.29 is 4.74 Å². The SMILES string of the molecule is c1ccc(OCCCN2CCCCC2CNC2CC2)cc1. The standard InChI is InChI=1S/C18H28N2O/c1-2-8-18(9-3-1)21-14-6-13-20-12-5-4-7-17(20)15-19-16-10-11-16/h1-3,8-9,16-17,19H,4-7,10-15H2. The predicted molar refractivity (Wildman–Crippen MR) is 86.8 cm³/mol. The average Bonchev–Trinajstić information content (AvgIpc) is 3.36. The van der Waals surface area contributed by atoms with Gasteiger partial charge in [-0.25, -0.2) is 0 Å². The van der Waals surface area contributed by atoms with Gasteiger partial charge in [0.15, 0.2) is 0 Å². The van der Waals surface area contributed by atoms with E-state index in [1.807, 2.05) is 30.3 Å². The number of benzene rings is 1. The van der Waals surface area contributed by atoms with Crippen LogP contribution in [0.3, 0.4) is 0 Å². The van der Waals surface area contributed by atoms with Crippen LogP contribution in [0.1, 0.15) is 38.5 Å². The molecule has 1 aliphatic carbocycles. The summed E-state index contributed by atoms with van der Waals surface area (Å²) in [5, 5.41) is 3.70. The number of rotatable bonds is 8. The summed E-state index contributed by atoms with van der Waals surface area (Å²) in [5.41, 5.74) is 0. The van der Waals surface area contributed by atoms with Crippen molar-refractivity contribution >= 4 is 0 Å². The van der Waals surface area contributed by atoms with Gasteiger partial charge in [0.1, 0.15) is 5.75 Å². The normalized spacial score (nSPS) is 23.1. The van der Waals surface area contributed by atoms with Gasteiger partial charge in [0.25, 0.3) is 0 Å². The Morgan fingerprint density at radius 1 is 1.10 bits per heavy atom. The van der Waals surface area contributed by atoms with E-state index in [9.17, 15) is 0 Å². The number of para-hydroxylation sites is 1. The first-order valence-electron chi connectivity index (χ1n) is 8.57. The van der Waals surface area contributed by atoms with E-state index >= 15 is 0 Å². The second kappa shape index (κ2) is 7.81. The molecule has 2 fully saturated rings. The van der Waals surface area contributed by atoms with Crippen LogP contribution >= 0.6 is 0 Å². The van der Waals surface area contributed by atoms with E-state index in [-0.39, 0.29) is 0 Å². The Bertz CT molecular complexity index is 405. The molecule has 116 valence electrons. The van der Waals surface area contributed by atoms with E-state index in [1.54, 1.807) is 0 Å². The molecule has 1 atom stereocenters. The minimum Gasteiger partial charge on any atom is -0.494 e. The van der Waals surface area contributed by atoms with Crippen molar-refractivity contribution in [1.82, 2.24) is 10.2 Å². The highest BCUT2D eigenvalue weighted by atomic mass is 16.5. The van der Waals surface area contributed by atoms with Crippen molar-refractivity contribution in [3.63, 3.8) is 0 Å². The molecule has 1 saturated heterocycles. The lowest BCUT2D eigenvalue weighted by Gasteiger charge is -2.36. The number of ether oxygens (including phenoxy) is 1. The lowest BCUT2D eigenvalue weighted by atomic mass is 10.0. The third-order valence-corrected chi connectivity index (χ3v) is 4.57. The molecular weight excluding hydrogens is 260 g/mol. The molecule has 1 heterocycles. The van der Waals surface area contributed by atoms with Crippen molar-refractivity contribution in [3.8, 4) is 5.75 Å². The number of likely N-dealkylation sites (tertiary alicyclic amines) is 1. The smallest absolute Gasteiger partial charge is 0.119 e. The Morgan fingerprint density at radius 2 is 1.95 bits per heavy atom. The van der Waals surface area contributed by atoms with Gasteiger partial charge < -0.3 is 10.1 Å². The fourth-order valence-electron chi connectivity index (χ4n) is 3.15. The van der Waals surface area contributed by atoms with E-state index in [2.05, 4.69) is 10.2 Å². The summed E-state index contributed by atoms with van der Waals surface area (Å²) in [6.07, 6.45) is 8.01. The minimum atomic E-state index is 0.746. The molecule has 1 aromatic carbocycles. The Hall–Kier alpha value is -1.06. The number of nitrogens with one attached hydrogen (secondary N) is 1. The second-order valence-electron chi connectivity index (χ2n) is 6.38. The number of hydrogen-bond donors (Lipinski definition) is 1. The van der Waals surface area contributed by atoms with Gasteiger partial charge in [0.05, 0.1) is 6.61 Å². The molecule has 0 amide bonds. The highest BCUT2D eigenvalue weighted by Crippen LogP contribution is 2.21. The zero-order valence-corrected chi connectivity index (χ0v) is 13.0. The largest absolute Gasteiger partial charge is 0.494 e. The maximum atomic E-state index is 5.80. The second-order valence-corrected chi connectivity index (χ2v) is 6.38. The molecular formula is C18H28N2O. The van der Waals surface area contributed by atoms with Gasteiger partial charge in [0, 0.05) is 25.2 Å². The summed E-state index contributed by atoms with van der Waals surface area (Å²) >= 11 is 0. The minimum absolute atomic E-state index is 0.746. The van der Waals surface area contributed by atoms with Gasteiger partial charge in [-0.1, -0.05) is 24.6 Å². The summed E-state index contributed by atoms with van der Waals surface area (Å²) < 4.78 is 5.80. The maximum absolute atomic E-state index is 5.80. The molecule has 0 radical (unpaired) electrons.